The van der Waals surface area contributed by atoms with Crippen LogP contribution in [0.4, 0.5) is 27.5 Å². The van der Waals surface area contributed by atoms with Crippen LogP contribution in [-0.2, 0) is 14.3 Å². The van der Waals surface area contributed by atoms with E-state index < -0.39 is 5.82 Å². The number of ether oxygens (including phenoxy) is 2. The van der Waals surface area contributed by atoms with Gasteiger partial charge in [-0.2, -0.15) is 4.98 Å². The van der Waals surface area contributed by atoms with Crippen molar-refractivity contribution in [2.45, 2.75) is 6.92 Å². The van der Waals surface area contributed by atoms with Gasteiger partial charge in [-0.25, -0.2) is 9.37 Å². The predicted molar refractivity (Wildman–Crippen MR) is 120 cm³/mol. The molecule has 31 heavy (non-hydrogen) atoms. The lowest BCUT2D eigenvalue weighted by Gasteiger charge is -2.10. The zero-order chi connectivity index (χ0) is 22.5. The molecule has 0 saturated carbocycles. The van der Waals surface area contributed by atoms with Crippen LogP contribution in [-0.4, -0.2) is 42.7 Å². The van der Waals surface area contributed by atoms with Gasteiger partial charge >= 0.3 is 0 Å². The number of amides is 1. The SMILES string of the molecule is C=CC(=O)Nc1cccc(Nc2nc(NC/C=C\C(=C/C)OCCOC)ncc2F)c1. The van der Waals surface area contributed by atoms with Crippen molar-refractivity contribution < 1.29 is 18.7 Å². The van der Waals surface area contributed by atoms with Gasteiger partial charge in [-0.15, -0.1) is 0 Å². The Hall–Kier alpha value is -3.72. The number of allylic oxidation sites excluding steroid dienone is 2. The minimum atomic E-state index is -0.607. The molecular weight excluding hydrogens is 401 g/mol. The van der Waals surface area contributed by atoms with Gasteiger partial charge in [0.25, 0.3) is 0 Å². The molecule has 1 aromatic heterocycles. The monoisotopic (exact) mass is 427 g/mol. The summed E-state index contributed by atoms with van der Waals surface area (Å²) in [5.41, 5.74) is 1.09. The van der Waals surface area contributed by atoms with E-state index in [1.54, 1.807) is 31.4 Å². The topological polar surface area (TPSA) is 97.4 Å². The van der Waals surface area contributed by atoms with Gasteiger partial charge < -0.3 is 25.4 Å². The highest BCUT2D eigenvalue weighted by atomic mass is 19.1. The minimum Gasteiger partial charge on any atom is -0.492 e. The van der Waals surface area contributed by atoms with Crippen LogP contribution in [0.5, 0.6) is 0 Å². The zero-order valence-electron chi connectivity index (χ0n) is 17.5. The van der Waals surface area contributed by atoms with Crippen molar-refractivity contribution in [2.75, 3.05) is 42.8 Å². The molecule has 9 heteroatoms. The quantitative estimate of drug-likeness (QED) is 0.204. The molecule has 1 amide bonds. The van der Waals surface area contributed by atoms with Crippen molar-refractivity contribution in [3.8, 4) is 0 Å². The maximum atomic E-state index is 14.2. The van der Waals surface area contributed by atoms with Crippen LogP contribution in [0.2, 0.25) is 0 Å². The third kappa shape index (κ3) is 8.27. The average molecular weight is 427 g/mol. The third-order valence-electron chi connectivity index (χ3n) is 3.82. The van der Waals surface area contributed by atoms with Crippen molar-refractivity contribution >= 4 is 29.0 Å². The molecule has 0 unspecified atom stereocenters. The van der Waals surface area contributed by atoms with E-state index in [2.05, 4.69) is 32.5 Å². The molecule has 1 aromatic carbocycles. The highest BCUT2D eigenvalue weighted by Gasteiger charge is 2.08. The lowest BCUT2D eigenvalue weighted by atomic mass is 10.2. The van der Waals surface area contributed by atoms with Crippen LogP contribution >= 0.6 is 0 Å². The van der Waals surface area contributed by atoms with E-state index in [9.17, 15) is 9.18 Å². The summed E-state index contributed by atoms with van der Waals surface area (Å²) in [6, 6.07) is 6.81. The first-order chi connectivity index (χ1) is 15.0. The molecule has 3 N–H and O–H groups in total. The fourth-order valence-electron chi connectivity index (χ4n) is 2.34. The first-order valence-electron chi connectivity index (χ1n) is 9.57. The molecule has 8 nitrogen and oxygen atoms in total. The number of hydrogen-bond acceptors (Lipinski definition) is 7. The van der Waals surface area contributed by atoms with E-state index in [4.69, 9.17) is 9.47 Å². The second-order valence-corrected chi connectivity index (χ2v) is 6.10. The molecule has 2 aromatic rings. The first-order valence-corrected chi connectivity index (χ1v) is 9.57. The molecule has 0 saturated heterocycles. The Labute approximate surface area is 180 Å². The summed E-state index contributed by atoms with van der Waals surface area (Å²) in [6.07, 6.45) is 7.74. The van der Waals surface area contributed by atoms with E-state index in [1.165, 1.54) is 6.08 Å². The molecule has 0 aliphatic heterocycles. The molecule has 0 fully saturated rings. The summed E-state index contributed by atoms with van der Waals surface area (Å²) < 4.78 is 24.6. The number of nitrogens with zero attached hydrogens (tertiary/aromatic N) is 2. The van der Waals surface area contributed by atoms with Crippen LogP contribution in [0.1, 0.15) is 6.92 Å². The zero-order valence-corrected chi connectivity index (χ0v) is 17.5. The van der Waals surface area contributed by atoms with Crippen LogP contribution in [0.25, 0.3) is 0 Å². The lowest BCUT2D eigenvalue weighted by Crippen LogP contribution is -2.08. The minimum absolute atomic E-state index is 0.00530. The molecule has 0 spiro atoms. The van der Waals surface area contributed by atoms with Gasteiger partial charge in [-0.3, -0.25) is 4.79 Å². The van der Waals surface area contributed by atoms with Gasteiger partial charge in [0.1, 0.15) is 12.4 Å². The van der Waals surface area contributed by atoms with Crippen LogP contribution in [0.3, 0.4) is 0 Å². The van der Waals surface area contributed by atoms with Gasteiger partial charge in [-0.05, 0) is 43.4 Å². The summed E-state index contributed by atoms with van der Waals surface area (Å²) in [6.45, 7) is 6.67. The van der Waals surface area contributed by atoms with E-state index in [-0.39, 0.29) is 17.7 Å². The molecule has 0 radical (unpaired) electrons. The molecule has 0 atom stereocenters. The van der Waals surface area contributed by atoms with Gasteiger partial charge in [0, 0.05) is 25.0 Å². The molecule has 0 bridgehead atoms. The summed E-state index contributed by atoms with van der Waals surface area (Å²) in [7, 11) is 1.61. The van der Waals surface area contributed by atoms with Crippen molar-refractivity contribution in [2.24, 2.45) is 0 Å². The normalized spacial score (nSPS) is 11.3. The van der Waals surface area contributed by atoms with E-state index in [0.717, 1.165) is 6.20 Å². The highest BCUT2D eigenvalue weighted by molar-refractivity contribution is 5.99. The Kier molecular flexibility index (Phi) is 9.70. The van der Waals surface area contributed by atoms with Crippen LogP contribution in [0.15, 0.2) is 67.1 Å². The number of nitrogens with one attached hydrogen (secondary N) is 3. The maximum absolute atomic E-state index is 14.2. The number of carbonyl (C=O) groups is 1. The fraction of sp³-hybridized carbons (Fsp3) is 0.227. The highest BCUT2D eigenvalue weighted by Crippen LogP contribution is 2.21. The summed E-state index contributed by atoms with van der Waals surface area (Å²) >= 11 is 0. The Balaban J connectivity index is 1.98. The van der Waals surface area contributed by atoms with Crippen molar-refractivity contribution in [3.63, 3.8) is 0 Å². The molecule has 0 aliphatic carbocycles. The van der Waals surface area contributed by atoms with E-state index >= 15 is 0 Å². The number of benzene rings is 1. The number of methoxy groups -OCH3 is 1. The van der Waals surface area contributed by atoms with Crippen LogP contribution in [0, 0.1) is 5.82 Å². The Morgan fingerprint density at radius 3 is 2.84 bits per heavy atom. The Morgan fingerprint density at radius 1 is 1.29 bits per heavy atom. The average Bonchev–Trinajstić information content (AvgIpc) is 2.77. The number of rotatable bonds is 12. The molecule has 0 aliphatic rings. The Morgan fingerprint density at radius 2 is 2.10 bits per heavy atom. The third-order valence-corrected chi connectivity index (χ3v) is 3.82. The molecule has 2 rings (SSSR count). The number of carbonyl (C=O) groups excluding carboxylic acids is 1. The second-order valence-electron chi connectivity index (χ2n) is 6.10. The number of anilines is 4. The molecule has 164 valence electrons. The van der Waals surface area contributed by atoms with Gasteiger partial charge in [0.15, 0.2) is 11.6 Å². The van der Waals surface area contributed by atoms with Gasteiger partial charge in [0.2, 0.25) is 11.9 Å². The van der Waals surface area contributed by atoms with E-state index in [1.807, 2.05) is 25.2 Å². The van der Waals surface area contributed by atoms with Crippen LogP contribution < -0.4 is 16.0 Å². The van der Waals surface area contributed by atoms with Gasteiger partial charge in [0.05, 0.1) is 12.8 Å². The number of halogens is 1. The standard InChI is InChI=1S/C22H26FN5O3/c1-4-18(31-13-12-30-3)10-7-11-24-22-25-15-19(23)21(28-22)27-17-9-6-8-16(14-17)26-20(29)5-2/h4-10,14-15H,2,11-13H2,1,3H3,(H,26,29)(H2,24,25,27,28)/b10-7-,18-4+. The van der Waals surface area contributed by atoms with E-state index in [0.29, 0.717) is 36.9 Å². The van der Waals surface area contributed by atoms with Crippen molar-refractivity contribution in [1.29, 1.82) is 0 Å². The van der Waals surface area contributed by atoms with Crippen molar-refractivity contribution in [3.05, 3.63) is 72.9 Å². The maximum Gasteiger partial charge on any atom is 0.247 e. The lowest BCUT2D eigenvalue weighted by molar-refractivity contribution is -0.111. The first kappa shape index (κ1) is 23.6. The number of hydrogen-bond donors (Lipinski definition) is 3. The predicted octanol–water partition coefficient (Wildman–Crippen LogP) is 4.02. The summed E-state index contributed by atoms with van der Waals surface area (Å²) in [5, 5.41) is 8.53. The smallest absolute Gasteiger partial charge is 0.247 e. The fourth-order valence-corrected chi connectivity index (χ4v) is 2.34. The second kappa shape index (κ2) is 12.8. The summed E-state index contributed by atoms with van der Waals surface area (Å²) in [5.74, 6) is 0.0295. The number of aromatic nitrogens is 2. The van der Waals surface area contributed by atoms with Gasteiger partial charge in [-0.1, -0.05) is 18.7 Å². The largest absolute Gasteiger partial charge is 0.492 e. The summed E-state index contributed by atoms with van der Waals surface area (Å²) in [4.78, 5) is 19.5. The molecule has 1 heterocycles. The van der Waals surface area contributed by atoms with Crippen molar-refractivity contribution in [1.82, 2.24) is 9.97 Å². The molecular formula is C22H26FN5O3. The Bertz CT molecular complexity index is 946.